The molecule has 0 aromatic carbocycles. The second-order valence-corrected chi connectivity index (χ2v) is 6.76. The molecule has 0 N–H and O–H groups in total. The van der Waals surface area contributed by atoms with E-state index in [9.17, 15) is 0 Å². The molecule has 1 saturated heterocycles. The predicted octanol–water partition coefficient (Wildman–Crippen LogP) is 6.81. The van der Waals surface area contributed by atoms with Crippen molar-refractivity contribution in [2.24, 2.45) is 0 Å². The first-order chi connectivity index (χ1) is 10.4. The molecule has 1 heteroatoms. The maximum atomic E-state index is 5.79. The van der Waals surface area contributed by atoms with Crippen LogP contribution in [0.3, 0.4) is 0 Å². The van der Waals surface area contributed by atoms with Crippen LogP contribution in [0.2, 0.25) is 0 Å². The Bertz CT molecular complexity index is 236. The number of hydrogen-bond donors (Lipinski definition) is 0. The van der Waals surface area contributed by atoms with Crippen LogP contribution in [0.1, 0.15) is 103 Å². The van der Waals surface area contributed by atoms with Gasteiger partial charge >= 0.3 is 0 Å². The fraction of sp³-hybridized carbons (Fsp3) is 0.900. The quantitative estimate of drug-likeness (QED) is 0.173. The maximum absolute atomic E-state index is 5.79. The Balaban J connectivity index is 1.75. The lowest BCUT2D eigenvalue weighted by Gasteiger charge is -2.01. The third-order valence-corrected chi connectivity index (χ3v) is 4.68. The average molecular weight is 295 g/mol. The van der Waals surface area contributed by atoms with Crippen LogP contribution in [0.4, 0.5) is 0 Å². The van der Waals surface area contributed by atoms with E-state index >= 15 is 0 Å². The number of epoxide rings is 1. The Morgan fingerprint density at radius 2 is 1.19 bits per heavy atom. The highest BCUT2D eigenvalue weighted by Crippen LogP contribution is 2.31. The second kappa shape index (κ2) is 13.4. The molecule has 1 rings (SSSR count). The fourth-order valence-electron chi connectivity index (χ4n) is 3.15. The number of allylic oxidation sites excluding steroid dienone is 1. The summed E-state index contributed by atoms with van der Waals surface area (Å²) in [7, 11) is 0. The summed E-state index contributed by atoms with van der Waals surface area (Å²) in [5, 5.41) is 0. The van der Waals surface area contributed by atoms with E-state index in [1.54, 1.807) is 0 Å². The van der Waals surface area contributed by atoms with Crippen LogP contribution in [-0.2, 0) is 4.74 Å². The van der Waals surface area contributed by atoms with Gasteiger partial charge in [0.2, 0.25) is 0 Å². The standard InChI is InChI=1S/C20H38O/c1-3-5-7-9-11-12-14-16-18-20-19(21-20)17-15-13-10-8-6-4-2/h4,19-20H,2-3,5-18H2,1H3/t19-,20+/m0/s1. The van der Waals surface area contributed by atoms with Gasteiger partial charge in [-0.05, 0) is 25.7 Å². The van der Waals surface area contributed by atoms with Crippen LogP contribution in [0.25, 0.3) is 0 Å². The van der Waals surface area contributed by atoms with Crippen molar-refractivity contribution in [1.29, 1.82) is 0 Å². The molecule has 0 amide bonds. The van der Waals surface area contributed by atoms with Crippen molar-refractivity contribution in [2.45, 2.75) is 115 Å². The summed E-state index contributed by atoms with van der Waals surface area (Å²) in [4.78, 5) is 0. The minimum absolute atomic E-state index is 0.619. The topological polar surface area (TPSA) is 12.5 Å². The lowest BCUT2D eigenvalue weighted by atomic mass is 10.0. The van der Waals surface area contributed by atoms with E-state index in [4.69, 9.17) is 4.74 Å². The number of rotatable bonds is 16. The molecule has 0 radical (unpaired) electrons. The van der Waals surface area contributed by atoms with Gasteiger partial charge in [-0.25, -0.2) is 0 Å². The van der Waals surface area contributed by atoms with Crippen LogP contribution >= 0.6 is 0 Å². The van der Waals surface area contributed by atoms with Crippen LogP contribution < -0.4 is 0 Å². The Morgan fingerprint density at radius 1 is 0.714 bits per heavy atom. The van der Waals surface area contributed by atoms with Gasteiger partial charge in [0.1, 0.15) is 0 Å². The van der Waals surface area contributed by atoms with Gasteiger partial charge in [-0.3, -0.25) is 0 Å². The van der Waals surface area contributed by atoms with E-state index in [1.165, 1.54) is 96.3 Å². The largest absolute Gasteiger partial charge is 0.370 e. The molecular weight excluding hydrogens is 256 g/mol. The number of unbranched alkanes of at least 4 members (excludes halogenated alkanes) is 11. The van der Waals surface area contributed by atoms with Gasteiger partial charge < -0.3 is 4.74 Å². The molecule has 21 heavy (non-hydrogen) atoms. The van der Waals surface area contributed by atoms with Gasteiger partial charge in [-0.1, -0.05) is 83.6 Å². The molecule has 0 aliphatic carbocycles. The van der Waals surface area contributed by atoms with Crippen molar-refractivity contribution in [2.75, 3.05) is 0 Å². The van der Waals surface area contributed by atoms with Crippen molar-refractivity contribution < 1.29 is 4.74 Å². The molecule has 1 heterocycles. The highest BCUT2D eigenvalue weighted by atomic mass is 16.6. The van der Waals surface area contributed by atoms with E-state index in [0.717, 1.165) is 0 Å². The van der Waals surface area contributed by atoms with Crippen LogP contribution in [0, 0.1) is 0 Å². The minimum atomic E-state index is 0.619. The fourth-order valence-corrected chi connectivity index (χ4v) is 3.15. The zero-order valence-corrected chi connectivity index (χ0v) is 14.5. The van der Waals surface area contributed by atoms with Crippen molar-refractivity contribution in [3.8, 4) is 0 Å². The lowest BCUT2D eigenvalue weighted by molar-refractivity contribution is 0.347. The Labute approximate surface area is 133 Å². The molecule has 1 nitrogen and oxygen atoms in total. The van der Waals surface area contributed by atoms with E-state index in [0.29, 0.717) is 12.2 Å². The Kier molecular flexibility index (Phi) is 11.9. The Morgan fingerprint density at radius 3 is 1.71 bits per heavy atom. The first kappa shape index (κ1) is 18.7. The van der Waals surface area contributed by atoms with Gasteiger partial charge in [0.25, 0.3) is 0 Å². The van der Waals surface area contributed by atoms with Crippen LogP contribution in [0.5, 0.6) is 0 Å². The molecule has 0 aromatic rings. The maximum Gasteiger partial charge on any atom is 0.0841 e. The van der Waals surface area contributed by atoms with Gasteiger partial charge in [0.15, 0.2) is 0 Å². The summed E-state index contributed by atoms with van der Waals surface area (Å²) in [5.74, 6) is 0. The average Bonchev–Trinajstić information content (AvgIpc) is 3.24. The summed E-state index contributed by atoms with van der Waals surface area (Å²) >= 11 is 0. The highest BCUT2D eigenvalue weighted by molar-refractivity contribution is 4.84. The molecule has 0 aromatic heterocycles. The summed E-state index contributed by atoms with van der Waals surface area (Å²) in [6.45, 7) is 6.05. The first-order valence-corrected chi connectivity index (χ1v) is 9.64. The zero-order valence-electron chi connectivity index (χ0n) is 14.5. The summed E-state index contributed by atoms with van der Waals surface area (Å²) in [5.41, 5.74) is 0. The third-order valence-electron chi connectivity index (χ3n) is 4.68. The summed E-state index contributed by atoms with van der Waals surface area (Å²) in [6.07, 6.45) is 23.8. The molecule has 1 aliphatic rings. The molecule has 2 atom stereocenters. The molecule has 0 bridgehead atoms. The SMILES string of the molecule is C=CCCCCCC[C@@H]1O[C@@H]1CCCCCCCCCC. The third kappa shape index (κ3) is 11.0. The summed E-state index contributed by atoms with van der Waals surface area (Å²) in [6, 6.07) is 0. The van der Waals surface area contributed by atoms with Crippen LogP contribution in [-0.4, -0.2) is 12.2 Å². The van der Waals surface area contributed by atoms with E-state index in [-0.39, 0.29) is 0 Å². The molecular formula is C20H38O. The first-order valence-electron chi connectivity index (χ1n) is 9.64. The van der Waals surface area contributed by atoms with E-state index < -0.39 is 0 Å². The number of ether oxygens (including phenoxy) is 1. The van der Waals surface area contributed by atoms with Crippen molar-refractivity contribution in [3.05, 3.63) is 12.7 Å². The molecule has 1 aliphatic heterocycles. The predicted molar refractivity (Wildman–Crippen MR) is 93.8 cm³/mol. The zero-order chi connectivity index (χ0) is 15.2. The van der Waals surface area contributed by atoms with Gasteiger partial charge in [-0.2, -0.15) is 0 Å². The van der Waals surface area contributed by atoms with E-state index in [2.05, 4.69) is 13.5 Å². The van der Waals surface area contributed by atoms with Gasteiger partial charge in [0, 0.05) is 0 Å². The van der Waals surface area contributed by atoms with Crippen molar-refractivity contribution in [1.82, 2.24) is 0 Å². The van der Waals surface area contributed by atoms with Crippen molar-refractivity contribution in [3.63, 3.8) is 0 Å². The lowest BCUT2D eigenvalue weighted by Crippen LogP contribution is -1.94. The minimum Gasteiger partial charge on any atom is -0.370 e. The second-order valence-electron chi connectivity index (χ2n) is 6.76. The highest BCUT2D eigenvalue weighted by Gasteiger charge is 2.36. The summed E-state index contributed by atoms with van der Waals surface area (Å²) < 4.78 is 5.79. The smallest absolute Gasteiger partial charge is 0.0841 e. The number of hydrogen-bond acceptors (Lipinski definition) is 1. The van der Waals surface area contributed by atoms with Crippen LogP contribution in [0.15, 0.2) is 12.7 Å². The van der Waals surface area contributed by atoms with E-state index in [1.807, 2.05) is 6.08 Å². The van der Waals surface area contributed by atoms with Crippen molar-refractivity contribution >= 4 is 0 Å². The Hall–Kier alpha value is -0.300. The normalized spacial score (nSPS) is 20.6. The molecule has 0 saturated carbocycles. The van der Waals surface area contributed by atoms with Gasteiger partial charge in [-0.15, -0.1) is 6.58 Å². The molecule has 1 fully saturated rings. The molecule has 124 valence electrons. The monoisotopic (exact) mass is 294 g/mol. The molecule has 0 spiro atoms. The van der Waals surface area contributed by atoms with Gasteiger partial charge in [0.05, 0.1) is 12.2 Å². The molecule has 0 unspecified atom stereocenters.